The fourth-order valence-corrected chi connectivity index (χ4v) is 1.28. The minimum atomic E-state index is 0. The molecule has 0 aromatic heterocycles. The second-order valence-corrected chi connectivity index (χ2v) is 2.69. The first-order chi connectivity index (χ1) is 6.77. The Hall–Kier alpha value is -1.18. The molecule has 1 rings (SSSR count). The maximum absolute atomic E-state index is 9.23. The van der Waals surface area contributed by atoms with E-state index in [0.29, 0.717) is 5.75 Å². The first kappa shape index (κ1) is 16.3. The zero-order chi connectivity index (χ0) is 11.0. The van der Waals surface area contributed by atoms with E-state index >= 15 is 0 Å². The van der Waals surface area contributed by atoms with E-state index in [-0.39, 0.29) is 7.43 Å². The third-order valence-electron chi connectivity index (χ3n) is 1.96. The van der Waals surface area contributed by atoms with Gasteiger partial charge in [0.2, 0.25) is 0 Å². The Morgan fingerprint density at radius 1 is 1.13 bits per heavy atom. The molecule has 2 nitrogen and oxygen atoms in total. The third kappa shape index (κ3) is 5.31. The van der Waals surface area contributed by atoms with Crippen molar-refractivity contribution in [3.63, 3.8) is 0 Å². The molecular formula is C13H25NO. The van der Waals surface area contributed by atoms with Crippen LogP contribution in [-0.2, 0) is 0 Å². The molecule has 0 fully saturated rings. The van der Waals surface area contributed by atoms with Crippen LogP contribution in [0.2, 0.25) is 0 Å². The van der Waals surface area contributed by atoms with E-state index in [2.05, 4.69) is 18.7 Å². The molecule has 15 heavy (non-hydrogen) atoms. The van der Waals surface area contributed by atoms with Gasteiger partial charge < -0.3 is 10.0 Å². The molecule has 1 aromatic rings. The summed E-state index contributed by atoms with van der Waals surface area (Å²) in [4.78, 5) is 2.19. The van der Waals surface area contributed by atoms with Crippen LogP contribution in [0.1, 0.15) is 35.1 Å². The average Bonchev–Trinajstić information content (AvgIpc) is 2.23. The highest BCUT2D eigenvalue weighted by molar-refractivity contribution is 5.49. The summed E-state index contributed by atoms with van der Waals surface area (Å²) in [5.41, 5.74) is 1.08. The topological polar surface area (TPSA) is 23.5 Å². The van der Waals surface area contributed by atoms with Gasteiger partial charge in [0.25, 0.3) is 0 Å². The van der Waals surface area contributed by atoms with Crippen molar-refractivity contribution in [2.24, 2.45) is 0 Å². The molecule has 1 aromatic carbocycles. The van der Waals surface area contributed by atoms with Crippen molar-refractivity contribution in [3.8, 4) is 5.75 Å². The SMILES string of the molecule is C.CC.CCN(CC)c1cccc(O)c1. The molecule has 0 atom stereocenters. The summed E-state index contributed by atoms with van der Waals surface area (Å²) in [6, 6.07) is 7.34. The summed E-state index contributed by atoms with van der Waals surface area (Å²) in [5.74, 6) is 0.333. The molecule has 0 aliphatic carbocycles. The standard InChI is InChI=1S/C10H15NO.C2H6.CH4/c1-3-11(4-2)9-6-5-7-10(12)8-9;1-2;/h5-8,12H,3-4H2,1-2H3;1-2H3;1H4. The van der Waals surface area contributed by atoms with Crippen LogP contribution in [0.25, 0.3) is 0 Å². The lowest BCUT2D eigenvalue weighted by Gasteiger charge is -2.20. The van der Waals surface area contributed by atoms with Crippen molar-refractivity contribution in [3.05, 3.63) is 24.3 Å². The maximum Gasteiger partial charge on any atom is 0.117 e. The number of aromatic hydroxyl groups is 1. The number of phenolic OH excluding ortho intramolecular Hbond substituents is 1. The molecular weight excluding hydrogens is 186 g/mol. The van der Waals surface area contributed by atoms with Crippen LogP contribution in [0.5, 0.6) is 5.75 Å². The Morgan fingerprint density at radius 2 is 1.67 bits per heavy atom. The normalized spacial score (nSPS) is 8.27. The van der Waals surface area contributed by atoms with Gasteiger partial charge in [0.1, 0.15) is 5.75 Å². The average molecular weight is 211 g/mol. The zero-order valence-electron chi connectivity index (χ0n) is 9.62. The van der Waals surface area contributed by atoms with Gasteiger partial charge in [0, 0.05) is 24.8 Å². The van der Waals surface area contributed by atoms with Crippen molar-refractivity contribution in [1.29, 1.82) is 0 Å². The minimum Gasteiger partial charge on any atom is -0.508 e. The van der Waals surface area contributed by atoms with Crippen LogP contribution < -0.4 is 4.90 Å². The van der Waals surface area contributed by atoms with Gasteiger partial charge in [0.05, 0.1) is 0 Å². The molecule has 2 heteroatoms. The van der Waals surface area contributed by atoms with Crippen LogP contribution in [-0.4, -0.2) is 18.2 Å². The number of rotatable bonds is 3. The van der Waals surface area contributed by atoms with Gasteiger partial charge in [-0.1, -0.05) is 27.3 Å². The fraction of sp³-hybridized carbons (Fsp3) is 0.538. The predicted octanol–water partition coefficient (Wildman–Crippen LogP) is 3.90. The third-order valence-corrected chi connectivity index (χ3v) is 1.96. The minimum absolute atomic E-state index is 0. The summed E-state index contributed by atoms with van der Waals surface area (Å²) >= 11 is 0. The molecule has 0 radical (unpaired) electrons. The number of hydrogen-bond donors (Lipinski definition) is 1. The van der Waals surface area contributed by atoms with E-state index in [1.807, 2.05) is 26.0 Å². The van der Waals surface area contributed by atoms with Gasteiger partial charge in [-0.05, 0) is 26.0 Å². The summed E-state index contributed by atoms with van der Waals surface area (Å²) in [5, 5.41) is 9.23. The van der Waals surface area contributed by atoms with E-state index in [9.17, 15) is 5.11 Å². The first-order valence-corrected chi connectivity index (χ1v) is 5.32. The molecule has 0 spiro atoms. The maximum atomic E-state index is 9.23. The molecule has 0 heterocycles. The molecule has 0 amide bonds. The number of anilines is 1. The number of phenols is 1. The van der Waals surface area contributed by atoms with Gasteiger partial charge in [-0.15, -0.1) is 0 Å². The molecule has 0 bridgehead atoms. The Labute approximate surface area is 94.6 Å². The van der Waals surface area contributed by atoms with Crippen LogP contribution >= 0.6 is 0 Å². The molecule has 0 aliphatic heterocycles. The highest BCUT2D eigenvalue weighted by atomic mass is 16.3. The fourth-order valence-electron chi connectivity index (χ4n) is 1.28. The van der Waals surface area contributed by atoms with E-state index in [4.69, 9.17) is 0 Å². The summed E-state index contributed by atoms with van der Waals surface area (Å²) in [6.07, 6.45) is 0. The second kappa shape index (κ2) is 9.38. The van der Waals surface area contributed by atoms with Crippen LogP contribution in [0, 0.1) is 0 Å². The Morgan fingerprint density at radius 3 is 2.07 bits per heavy atom. The molecule has 0 aliphatic rings. The van der Waals surface area contributed by atoms with Crippen molar-refractivity contribution in [2.45, 2.75) is 35.1 Å². The molecule has 0 saturated carbocycles. The Balaban J connectivity index is 0. The molecule has 88 valence electrons. The van der Waals surface area contributed by atoms with Crippen molar-refractivity contribution >= 4 is 5.69 Å². The predicted molar refractivity (Wildman–Crippen MR) is 69.7 cm³/mol. The lowest BCUT2D eigenvalue weighted by atomic mass is 10.2. The van der Waals surface area contributed by atoms with Gasteiger partial charge >= 0.3 is 0 Å². The summed E-state index contributed by atoms with van der Waals surface area (Å²) in [6.45, 7) is 10.2. The zero-order valence-corrected chi connectivity index (χ0v) is 9.62. The van der Waals surface area contributed by atoms with E-state index in [0.717, 1.165) is 18.8 Å². The lowest BCUT2D eigenvalue weighted by Crippen LogP contribution is -2.21. The Bertz CT molecular complexity index is 244. The lowest BCUT2D eigenvalue weighted by molar-refractivity contribution is 0.475. The molecule has 0 unspecified atom stereocenters. The van der Waals surface area contributed by atoms with E-state index < -0.39 is 0 Å². The number of benzene rings is 1. The van der Waals surface area contributed by atoms with Crippen LogP contribution in [0.15, 0.2) is 24.3 Å². The van der Waals surface area contributed by atoms with Crippen molar-refractivity contribution in [2.75, 3.05) is 18.0 Å². The smallest absolute Gasteiger partial charge is 0.117 e. The van der Waals surface area contributed by atoms with E-state index in [1.54, 1.807) is 12.1 Å². The number of hydrogen-bond acceptors (Lipinski definition) is 2. The first-order valence-electron chi connectivity index (χ1n) is 5.32. The second-order valence-electron chi connectivity index (χ2n) is 2.69. The highest BCUT2D eigenvalue weighted by Crippen LogP contribution is 2.19. The molecule has 0 saturated heterocycles. The monoisotopic (exact) mass is 211 g/mol. The van der Waals surface area contributed by atoms with E-state index in [1.165, 1.54) is 0 Å². The van der Waals surface area contributed by atoms with Crippen molar-refractivity contribution in [1.82, 2.24) is 0 Å². The van der Waals surface area contributed by atoms with Crippen molar-refractivity contribution < 1.29 is 5.11 Å². The van der Waals surface area contributed by atoms with Gasteiger partial charge in [-0.25, -0.2) is 0 Å². The van der Waals surface area contributed by atoms with Crippen LogP contribution in [0.3, 0.4) is 0 Å². The van der Waals surface area contributed by atoms with Crippen LogP contribution in [0.4, 0.5) is 5.69 Å². The number of nitrogens with zero attached hydrogens (tertiary/aromatic N) is 1. The molecule has 1 N–H and O–H groups in total. The summed E-state index contributed by atoms with van der Waals surface area (Å²) < 4.78 is 0. The van der Waals surface area contributed by atoms with Gasteiger partial charge in [-0.2, -0.15) is 0 Å². The highest BCUT2D eigenvalue weighted by Gasteiger charge is 2.00. The summed E-state index contributed by atoms with van der Waals surface area (Å²) in [7, 11) is 0. The van der Waals surface area contributed by atoms with Gasteiger partial charge in [0.15, 0.2) is 0 Å². The quantitative estimate of drug-likeness (QED) is 0.819. The largest absolute Gasteiger partial charge is 0.508 e. The Kier molecular flexibility index (Phi) is 10.2. The van der Waals surface area contributed by atoms with Gasteiger partial charge in [-0.3, -0.25) is 0 Å².